The maximum absolute atomic E-state index is 12.8. The number of para-hydroxylation sites is 1. The number of rotatable bonds is 6. The first-order chi connectivity index (χ1) is 12.6. The van der Waals surface area contributed by atoms with E-state index in [4.69, 9.17) is 25.8 Å². The van der Waals surface area contributed by atoms with E-state index in [1.807, 2.05) is 25.1 Å². The molecule has 1 unspecified atom stereocenters. The van der Waals surface area contributed by atoms with Crippen molar-refractivity contribution in [1.82, 2.24) is 4.90 Å². The lowest BCUT2D eigenvalue weighted by Gasteiger charge is -2.27. The Balaban J connectivity index is 1.70. The molecule has 0 fully saturated rings. The molecule has 6 heteroatoms. The Morgan fingerprint density at radius 2 is 1.92 bits per heavy atom. The van der Waals surface area contributed by atoms with Gasteiger partial charge < -0.3 is 19.1 Å². The third-order valence-corrected chi connectivity index (χ3v) is 4.43. The van der Waals surface area contributed by atoms with Crippen molar-refractivity contribution in [2.24, 2.45) is 0 Å². The normalized spacial score (nSPS) is 13.8. The van der Waals surface area contributed by atoms with Gasteiger partial charge in [-0.1, -0.05) is 23.7 Å². The van der Waals surface area contributed by atoms with E-state index in [0.29, 0.717) is 37.1 Å². The standard InChI is InChI=1S/C20H22ClNO4/c1-3-22(13-15-5-4-6-18-19(15)25-12-11-24-18)20(23)14(2)26-17-9-7-16(21)8-10-17/h4-10,14H,3,11-13H2,1-2H3. The van der Waals surface area contributed by atoms with E-state index in [1.54, 1.807) is 36.1 Å². The number of ether oxygens (including phenoxy) is 3. The van der Waals surface area contributed by atoms with Crippen LogP contribution < -0.4 is 14.2 Å². The minimum atomic E-state index is -0.604. The molecule has 1 heterocycles. The molecule has 0 bridgehead atoms. The molecule has 0 N–H and O–H groups in total. The van der Waals surface area contributed by atoms with E-state index in [2.05, 4.69) is 0 Å². The molecule has 0 radical (unpaired) electrons. The fraction of sp³-hybridized carbons (Fsp3) is 0.350. The monoisotopic (exact) mass is 375 g/mol. The van der Waals surface area contributed by atoms with Gasteiger partial charge in [0.2, 0.25) is 0 Å². The topological polar surface area (TPSA) is 48.0 Å². The number of benzene rings is 2. The number of nitrogens with zero attached hydrogens (tertiary/aromatic N) is 1. The summed E-state index contributed by atoms with van der Waals surface area (Å²) < 4.78 is 17.1. The zero-order valence-electron chi connectivity index (χ0n) is 14.9. The predicted molar refractivity (Wildman–Crippen MR) is 100 cm³/mol. The zero-order valence-corrected chi connectivity index (χ0v) is 15.7. The third kappa shape index (κ3) is 4.22. The number of likely N-dealkylation sites (N-methyl/N-ethyl adjacent to an activating group) is 1. The second-order valence-electron chi connectivity index (χ2n) is 6.01. The quantitative estimate of drug-likeness (QED) is 0.767. The predicted octanol–water partition coefficient (Wildman–Crippen LogP) is 3.93. The highest BCUT2D eigenvalue weighted by Gasteiger charge is 2.24. The fourth-order valence-corrected chi connectivity index (χ4v) is 2.96. The van der Waals surface area contributed by atoms with Crippen LogP contribution in [0.5, 0.6) is 17.2 Å². The fourth-order valence-electron chi connectivity index (χ4n) is 2.83. The highest BCUT2D eigenvalue weighted by Crippen LogP contribution is 2.34. The van der Waals surface area contributed by atoms with Gasteiger partial charge in [-0.3, -0.25) is 4.79 Å². The Labute approximate surface area is 158 Å². The molecular formula is C20H22ClNO4. The van der Waals surface area contributed by atoms with Crippen LogP contribution in [0.4, 0.5) is 0 Å². The molecule has 0 spiro atoms. The number of hydrogen-bond donors (Lipinski definition) is 0. The lowest BCUT2D eigenvalue weighted by Crippen LogP contribution is -2.40. The minimum absolute atomic E-state index is 0.0863. The van der Waals surface area contributed by atoms with Gasteiger partial charge in [0.1, 0.15) is 19.0 Å². The molecule has 26 heavy (non-hydrogen) atoms. The number of amides is 1. The molecule has 0 aliphatic carbocycles. The largest absolute Gasteiger partial charge is 0.486 e. The van der Waals surface area contributed by atoms with Gasteiger partial charge in [-0.2, -0.15) is 0 Å². The summed E-state index contributed by atoms with van der Waals surface area (Å²) in [5.74, 6) is 1.97. The van der Waals surface area contributed by atoms with Crippen LogP contribution in [0.1, 0.15) is 19.4 Å². The number of carbonyl (C=O) groups excluding carboxylic acids is 1. The van der Waals surface area contributed by atoms with E-state index in [9.17, 15) is 4.79 Å². The second-order valence-corrected chi connectivity index (χ2v) is 6.44. The van der Waals surface area contributed by atoms with Crippen molar-refractivity contribution in [3.63, 3.8) is 0 Å². The van der Waals surface area contributed by atoms with Crippen LogP contribution in [0.25, 0.3) is 0 Å². The van der Waals surface area contributed by atoms with E-state index in [1.165, 1.54) is 0 Å². The first-order valence-corrected chi connectivity index (χ1v) is 9.04. The summed E-state index contributed by atoms with van der Waals surface area (Å²) in [6.45, 7) is 5.76. The van der Waals surface area contributed by atoms with Crippen molar-refractivity contribution in [1.29, 1.82) is 0 Å². The molecule has 0 aromatic heterocycles. The third-order valence-electron chi connectivity index (χ3n) is 4.18. The molecular weight excluding hydrogens is 354 g/mol. The summed E-state index contributed by atoms with van der Waals surface area (Å²) in [7, 11) is 0. The maximum atomic E-state index is 12.8. The van der Waals surface area contributed by atoms with Gasteiger partial charge in [0.05, 0.1) is 0 Å². The average molecular weight is 376 g/mol. The van der Waals surface area contributed by atoms with Gasteiger partial charge in [-0.25, -0.2) is 0 Å². The van der Waals surface area contributed by atoms with E-state index < -0.39 is 6.10 Å². The Hall–Kier alpha value is -2.40. The lowest BCUT2D eigenvalue weighted by atomic mass is 10.1. The van der Waals surface area contributed by atoms with Gasteiger partial charge >= 0.3 is 0 Å². The zero-order chi connectivity index (χ0) is 18.5. The number of carbonyl (C=O) groups is 1. The van der Waals surface area contributed by atoms with Crippen LogP contribution in [-0.2, 0) is 11.3 Å². The lowest BCUT2D eigenvalue weighted by molar-refractivity contribution is -0.138. The van der Waals surface area contributed by atoms with Crippen LogP contribution in [0.2, 0.25) is 5.02 Å². The second kappa shape index (κ2) is 8.32. The van der Waals surface area contributed by atoms with Gasteiger partial charge in [0.25, 0.3) is 5.91 Å². The van der Waals surface area contributed by atoms with Crippen molar-refractivity contribution in [2.45, 2.75) is 26.5 Å². The molecule has 1 amide bonds. The van der Waals surface area contributed by atoms with Crippen molar-refractivity contribution >= 4 is 17.5 Å². The summed E-state index contributed by atoms with van der Waals surface area (Å²) in [5.41, 5.74) is 0.927. The van der Waals surface area contributed by atoms with Crippen LogP contribution >= 0.6 is 11.6 Å². The molecule has 0 saturated carbocycles. The highest BCUT2D eigenvalue weighted by atomic mass is 35.5. The number of halogens is 1. The molecule has 2 aromatic carbocycles. The van der Waals surface area contributed by atoms with Crippen molar-refractivity contribution in [3.05, 3.63) is 53.1 Å². The Kier molecular flexibility index (Phi) is 5.89. The molecule has 2 aromatic rings. The Morgan fingerprint density at radius 1 is 1.19 bits per heavy atom. The molecule has 1 aliphatic heterocycles. The molecule has 0 saturated heterocycles. The average Bonchev–Trinajstić information content (AvgIpc) is 2.67. The summed E-state index contributed by atoms with van der Waals surface area (Å²) in [6.07, 6.45) is -0.604. The summed E-state index contributed by atoms with van der Waals surface area (Å²) in [5, 5.41) is 0.627. The minimum Gasteiger partial charge on any atom is -0.486 e. The van der Waals surface area contributed by atoms with Crippen molar-refractivity contribution in [3.8, 4) is 17.2 Å². The Morgan fingerprint density at radius 3 is 2.65 bits per heavy atom. The van der Waals surface area contributed by atoms with E-state index in [-0.39, 0.29) is 5.91 Å². The molecule has 138 valence electrons. The summed E-state index contributed by atoms with van der Waals surface area (Å²) in [4.78, 5) is 14.6. The number of hydrogen-bond acceptors (Lipinski definition) is 4. The van der Waals surface area contributed by atoms with Crippen LogP contribution in [0.15, 0.2) is 42.5 Å². The van der Waals surface area contributed by atoms with Gasteiger partial charge in [0.15, 0.2) is 17.6 Å². The summed E-state index contributed by atoms with van der Waals surface area (Å²) in [6, 6.07) is 12.7. The van der Waals surface area contributed by atoms with E-state index in [0.717, 1.165) is 17.1 Å². The smallest absolute Gasteiger partial charge is 0.263 e. The van der Waals surface area contributed by atoms with Crippen LogP contribution in [0, 0.1) is 0 Å². The first-order valence-electron chi connectivity index (χ1n) is 8.67. The van der Waals surface area contributed by atoms with Gasteiger partial charge in [0, 0.05) is 23.7 Å². The Bertz CT molecular complexity index is 763. The van der Waals surface area contributed by atoms with Crippen molar-refractivity contribution < 1.29 is 19.0 Å². The first kappa shape index (κ1) is 18.4. The van der Waals surface area contributed by atoms with Gasteiger partial charge in [-0.15, -0.1) is 0 Å². The van der Waals surface area contributed by atoms with Gasteiger partial charge in [-0.05, 0) is 44.2 Å². The van der Waals surface area contributed by atoms with Crippen molar-refractivity contribution in [2.75, 3.05) is 19.8 Å². The maximum Gasteiger partial charge on any atom is 0.263 e. The van der Waals surface area contributed by atoms with Crippen LogP contribution in [0.3, 0.4) is 0 Å². The van der Waals surface area contributed by atoms with Crippen LogP contribution in [-0.4, -0.2) is 36.7 Å². The molecule has 3 rings (SSSR count). The molecule has 5 nitrogen and oxygen atoms in total. The number of fused-ring (bicyclic) bond motifs is 1. The molecule has 1 atom stereocenters. The van der Waals surface area contributed by atoms with E-state index >= 15 is 0 Å². The SMILES string of the molecule is CCN(Cc1cccc2c1OCCO2)C(=O)C(C)Oc1ccc(Cl)cc1. The highest BCUT2D eigenvalue weighted by molar-refractivity contribution is 6.30. The summed E-state index contributed by atoms with van der Waals surface area (Å²) >= 11 is 5.88. The molecule has 1 aliphatic rings.